The Labute approximate surface area is 169 Å². The van der Waals surface area contributed by atoms with Crippen LogP contribution in [0.3, 0.4) is 0 Å². The summed E-state index contributed by atoms with van der Waals surface area (Å²) in [5, 5.41) is 3.09. The van der Waals surface area contributed by atoms with Crippen molar-refractivity contribution in [2.24, 2.45) is 11.8 Å². The van der Waals surface area contributed by atoms with Gasteiger partial charge in [0, 0.05) is 49.6 Å². The number of carbonyl (C=O) groups is 1. The van der Waals surface area contributed by atoms with Crippen LogP contribution in [0.15, 0.2) is 36.8 Å². The third-order valence-electron chi connectivity index (χ3n) is 6.40. The number of aromatic nitrogens is 3. The summed E-state index contributed by atoms with van der Waals surface area (Å²) in [4.78, 5) is 27.7. The molecule has 3 aliphatic rings. The second-order valence-corrected chi connectivity index (χ2v) is 7.99. The highest BCUT2D eigenvalue weighted by atomic mass is 16.5. The molecule has 1 amide bonds. The molecule has 3 saturated heterocycles. The van der Waals surface area contributed by atoms with E-state index in [4.69, 9.17) is 9.47 Å². The third-order valence-corrected chi connectivity index (χ3v) is 6.40. The van der Waals surface area contributed by atoms with Crippen molar-refractivity contribution < 1.29 is 14.3 Å². The molecule has 0 radical (unpaired) electrons. The lowest BCUT2D eigenvalue weighted by Gasteiger charge is -2.29. The Kier molecular flexibility index (Phi) is 4.58. The van der Waals surface area contributed by atoms with Crippen molar-refractivity contribution in [2.75, 3.05) is 31.1 Å². The Hall–Kier alpha value is -2.74. The largest absolute Gasteiger partial charge is 0.478 e. The van der Waals surface area contributed by atoms with Crippen LogP contribution in [0.1, 0.15) is 30.1 Å². The first-order valence-electron chi connectivity index (χ1n) is 10.3. The van der Waals surface area contributed by atoms with Crippen LogP contribution >= 0.6 is 0 Å². The Morgan fingerprint density at radius 2 is 2.34 bits per heavy atom. The topological polar surface area (TPSA) is 89.5 Å². The summed E-state index contributed by atoms with van der Waals surface area (Å²) in [5.41, 5.74) is 0.430. The van der Waals surface area contributed by atoms with Crippen LogP contribution in [0.5, 0.6) is 5.88 Å². The number of nitrogens with one attached hydrogen (secondary N) is 1. The number of rotatable bonds is 6. The minimum atomic E-state index is -0.153. The molecule has 8 heteroatoms. The Morgan fingerprint density at radius 1 is 1.41 bits per heavy atom. The highest BCUT2D eigenvalue weighted by Gasteiger charge is 2.63. The SMILES string of the molecule is CCOc1ccnc(N2C[C@@H]3[C@H](CNC(=O)c4cccnc4)[C@H]4CC[C@]3(C2)O4)n1. The maximum absolute atomic E-state index is 12.4. The lowest BCUT2D eigenvalue weighted by atomic mass is 9.73. The summed E-state index contributed by atoms with van der Waals surface area (Å²) >= 11 is 0. The van der Waals surface area contributed by atoms with Gasteiger partial charge in [0.1, 0.15) is 0 Å². The summed E-state index contributed by atoms with van der Waals surface area (Å²) in [6, 6.07) is 5.33. The third kappa shape index (κ3) is 3.21. The molecule has 8 nitrogen and oxygen atoms in total. The molecule has 29 heavy (non-hydrogen) atoms. The smallest absolute Gasteiger partial charge is 0.252 e. The minimum absolute atomic E-state index is 0.0856. The number of pyridine rings is 1. The van der Waals surface area contributed by atoms with E-state index in [2.05, 4.69) is 25.2 Å². The number of nitrogens with zero attached hydrogens (tertiary/aromatic N) is 4. The van der Waals surface area contributed by atoms with Crippen LogP contribution in [0.2, 0.25) is 0 Å². The van der Waals surface area contributed by atoms with E-state index in [0.717, 1.165) is 25.9 Å². The predicted octanol–water partition coefficient (Wildman–Crippen LogP) is 1.68. The van der Waals surface area contributed by atoms with E-state index < -0.39 is 0 Å². The van der Waals surface area contributed by atoms with Gasteiger partial charge >= 0.3 is 0 Å². The summed E-state index contributed by atoms with van der Waals surface area (Å²) in [7, 11) is 0. The molecule has 3 aliphatic heterocycles. The standard InChI is InChI=1S/C21H25N5O3/c1-2-28-18-6-9-23-20(25-18)26-12-16-15(17-5-7-21(16,13-26)29-17)11-24-19(27)14-4-3-8-22-10-14/h3-4,6,8-10,15-17H,2,5,7,11-13H2,1H3,(H,24,27)/t15-,16+,17+,21+/m0/s1. The van der Waals surface area contributed by atoms with E-state index in [1.54, 1.807) is 36.8 Å². The van der Waals surface area contributed by atoms with Gasteiger partial charge in [-0.3, -0.25) is 9.78 Å². The Bertz CT molecular complexity index is 895. The lowest BCUT2D eigenvalue weighted by Crippen LogP contribution is -2.41. The van der Waals surface area contributed by atoms with Gasteiger partial charge in [-0.2, -0.15) is 4.98 Å². The van der Waals surface area contributed by atoms with Crippen molar-refractivity contribution in [1.29, 1.82) is 0 Å². The number of ether oxygens (including phenoxy) is 2. The maximum Gasteiger partial charge on any atom is 0.252 e. The molecular formula is C21H25N5O3. The number of amides is 1. The highest BCUT2D eigenvalue weighted by Crippen LogP contribution is 2.55. The van der Waals surface area contributed by atoms with Crippen LogP contribution in [0.25, 0.3) is 0 Å². The molecule has 1 N–H and O–H groups in total. The number of fused-ring (bicyclic) bond motifs is 1. The molecule has 0 saturated carbocycles. The molecule has 2 aromatic rings. The monoisotopic (exact) mass is 395 g/mol. The van der Waals surface area contributed by atoms with Gasteiger partial charge in [-0.1, -0.05) is 0 Å². The van der Waals surface area contributed by atoms with Crippen LogP contribution < -0.4 is 15.0 Å². The highest BCUT2D eigenvalue weighted by molar-refractivity contribution is 5.93. The number of hydrogen-bond donors (Lipinski definition) is 1. The Balaban J connectivity index is 1.29. The quantitative estimate of drug-likeness (QED) is 0.796. The maximum atomic E-state index is 12.4. The molecule has 152 valence electrons. The predicted molar refractivity (Wildman–Crippen MR) is 106 cm³/mol. The van der Waals surface area contributed by atoms with E-state index in [0.29, 0.717) is 42.4 Å². The molecule has 0 aromatic carbocycles. The van der Waals surface area contributed by atoms with Gasteiger partial charge < -0.3 is 19.7 Å². The Morgan fingerprint density at radius 3 is 3.17 bits per heavy atom. The van der Waals surface area contributed by atoms with Crippen molar-refractivity contribution >= 4 is 11.9 Å². The first-order valence-corrected chi connectivity index (χ1v) is 10.3. The molecule has 3 fully saturated rings. The fourth-order valence-corrected chi connectivity index (χ4v) is 5.14. The molecule has 2 bridgehead atoms. The zero-order chi connectivity index (χ0) is 19.8. The number of hydrogen-bond acceptors (Lipinski definition) is 7. The van der Waals surface area contributed by atoms with Crippen LogP contribution in [-0.4, -0.2) is 58.8 Å². The van der Waals surface area contributed by atoms with E-state index in [1.165, 1.54) is 0 Å². The van der Waals surface area contributed by atoms with Crippen molar-refractivity contribution in [2.45, 2.75) is 31.5 Å². The fraction of sp³-hybridized carbons (Fsp3) is 0.524. The fourth-order valence-electron chi connectivity index (χ4n) is 5.14. The molecular weight excluding hydrogens is 370 g/mol. The first kappa shape index (κ1) is 18.3. The van der Waals surface area contributed by atoms with Crippen molar-refractivity contribution in [3.05, 3.63) is 42.4 Å². The van der Waals surface area contributed by atoms with E-state index >= 15 is 0 Å². The van der Waals surface area contributed by atoms with Gasteiger partial charge in [0.25, 0.3) is 5.91 Å². The second-order valence-electron chi connectivity index (χ2n) is 7.99. The van der Waals surface area contributed by atoms with Crippen molar-refractivity contribution in [3.8, 4) is 5.88 Å². The van der Waals surface area contributed by atoms with Crippen LogP contribution in [0, 0.1) is 11.8 Å². The van der Waals surface area contributed by atoms with E-state index in [1.807, 2.05) is 6.92 Å². The van der Waals surface area contributed by atoms with Gasteiger partial charge in [0.2, 0.25) is 11.8 Å². The average molecular weight is 395 g/mol. The van der Waals surface area contributed by atoms with Gasteiger partial charge in [0.05, 0.1) is 30.4 Å². The van der Waals surface area contributed by atoms with Crippen molar-refractivity contribution in [3.63, 3.8) is 0 Å². The van der Waals surface area contributed by atoms with Crippen LogP contribution in [-0.2, 0) is 4.74 Å². The first-order chi connectivity index (χ1) is 14.2. The molecule has 1 spiro atoms. The number of carbonyl (C=O) groups excluding carboxylic acids is 1. The molecule has 0 unspecified atom stereocenters. The van der Waals surface area contributed by atoms with Crippen LogP contribution in [0.4, 0.5) is 5.95 Å². The summed E-state index contributed by atoms with van der Waals surface area (Å²) in [5.74, 6) is 1.85. The van der Waals surface area contributed by atoms with Gasteiger partial charge in [-0.05, 0) is 31.9 Å². The lowest BCUT2D eigenvalue weighted by molar-refractivity contribution is 0.0141. The zero-order valence-corrected chi connectivity index (χ0v) is 16.5. The zero-order valence-electron chi connectivity index (χ0n) is 16.5. The van der Waals surface area contributed by atoms with Gasteiger partial charge in [0.15, 0.2) is 0 Å². The van der Waals surface area contributed by atoms with Gasteiger partial charge in [-0.25, -0.2) is 4.98 Å². The molecule has 5 heterocycles. The second kappa shape index (κ2) is 7.26. The van der Waals surface area contributed by atoms with E-state index in [9.17, 15) is 4.79 Å². The summed E-state index contributed by atoms with van der Waals surface area (Å²) < 4.78 is 12.0. The van der Waals surface area contributed by atoms with E-state index in [-0.39, 0.29) is 17.6 Å². The average Bonchev–Trinajstić information content (AvgIpc) is 3.42. The number of anilines is 1. The molecule has 2 aromatic heterocycles. The molecule has 4 atom stereocenters. The normalized spacial score (nSPS) is 29.7. The molecule has 0 aliphatic carbocycles. The van der Waals surface area contributed by atoms with Crippen molar-refractivity contribution in [1.82, 2.24) is 20.3 Å². The molecule has 5 rings (SSSR count). The van der Waals surface area contributed by atoms with Gasteiger partial charge in [-0.15, -0.1) is 0 Å². The minimum Gasteiger partial charge on any atom is -0.478 e. The summed E-state index contributed by atoms with van der Waals surface area (Å²) in [6.45, 7) is 4.75. The summed E-state index contributed by atoms with van der Waals surface area (Å²) in [6.07, 6.45) is 7.30.